The number of rotatable bonds is 6. The highest BCUT2D eigenvalue weighted by molar-refractivity contribution is 7.98. The zero-order valence-electron chi connectivity index (χ0n) is 11.9. The summed E-state index contributed by atoms with van der Waals surface area (Å²) in [7, 11) is 0. The highest BCUT2D eigenvalue weighted by atomic mass is 35.5. The van der Waals surface area contributed by atoms with Crippen molar-refractivity contribution in [1.82, 2.24) is 5.32 Å². The second-order valence-corrected chi connectivity index (χ2v) is 6.45. The lowest BCUT2D eigenvalue weighted by molar-refractivity contribution is 0.585. The Labute approximate surface area is 130 Å². The molecule has 2 aromatic carbocycles. The highest BCUT2D eigenvalue weighted by Crippen LogP contribution is 2.30. The molecule has 0 amide bonds. The van der Waals surface area contributed by atoms with Gasteiger partial charge in [-0.1, -0.05) is 61.8 Å². The fraction of sp³-hybridized carbons (Fsp3) is 0.294. The van der Waals surface area contributed by atoms with E-state index in [1.165, 1.54) is 16.0 Å². The Hall–Kier alpha value is -0.960. The molecule has 0 aliphatic heterocycles. The van der Waals surface area contributed by atoms with Gasteiger partial charge in [0.2, 0.25) is 0 Å². The van der Waals surface area contributed by atoms with Crippen molar-refractivity contribution in [2.24, 2.45) is 0 Å². The van der Waals surface area contributed by atoms with Gasteiger partial charge in [-0.2, -0.15) is 0 Å². The SMILES string of the molecule is CC(C)NCc1c(Cl)cccc1SCc1ccccc1. The maximum atomic E-state index is 6.34. The lowest BCUT2D eigenvalue weighted by atomic mass is 10.2. The molecule has 3 heteroatoms. The molecule has 0 spiro atoms. The maximum Gasteiger partial charge on any atom is 0.0462 e. The van der Waals surface area contributed by atoms with Crippen LogP contribution in [-0.4, -0.2) is 6.04 Å². The van der Waals surface area contributed by atoms with Crippen molar-refractivity contribution in [3.63, 3.8) is 0 Å². The van der Waals surface area contributed by atoms with Crippen LogP contribution < -0.4 is 5.32 Å². The molecular weight excluding hydrogens is 286 g/mol. The Morgan fingerprint density at radius 3 is 2.50 bits per heavy atom. The van der Waals surface area contributed by atoms with E-state index in [1.54, 1.807) is 0 Å². The fourth-order valence-corrected chi connectivity index (χ4v) is 3.23. The normalized spacial score (nSPS) is 11.0. The summed E-state index contributed by atoms with van der Waals surface area (Å²) >= 11 is 8.18. The zero-order chi connectivity index (χ0) is 14.4. The number of halogens is 1. The van der Waals surface area contributed by atoms with Crippen LogP contribution in [0.25, 0.3) is 0 Å². The molecule has 0 saturated heterocycles. The summed E-state index contributed by atoms with van der Waals surface area (Å²) in [6.07, 6.45) is 0. The van der Waals surface area contributed by atoms with E-state index in [-0.39, 0.29) is 0 Å². The average molecular weight is 306 g/mol. The first-order valence-electron chi connectivity index (χ1n) is 6.84. The van der Waals surface area contributed by atoms with E-state index < -0.39 is 0 Å². The monoisotopic (exact) mass is 305 g/mol. The zero-order valence-corrected chi connectivity index (χ0v) is 13.5. The van der Waals surface area contributed by atoms with Crippen LogP contribution in [0.5, 0.6) is 0 Å². The minimum absolute atomic E-state index is 0.457. The third-order valence-corrected chi connectivity index (χ3v) is 4.53. The van der Waals surface area contributed by atoms with Gasteiger partial charge in [-0.25, -0.2) is 0 Å². The van der Waals surface area contributed by atoms with Crippen LogP contribution in [0.3, 0.4) is 0 Å². The van der Waals surface area contributed by atoms with Crippen molar-refractivity contribution >= 4 is 23.4 Å². The molecule has 106 valence electrons. The lowest BCUT2D eigenvalue weighted by Gasteiger charge is -2.14. The molecular formula is C17H20ClNS. The molecule has 2 aromatic rings. The Kier molecular flexibility index (Phi) is 5.96. The molecule has 0 bridgehead atoms. The van der Waals surface area contributed by atoms with Gasteiger partial charge in [0.05, 0.1) is 0 Å². The van der Waals surface area contributed by atoms with Gasteiger partial charge in [0.1, 0.15) is 0 Å². The standard InChI is InChI=1S/C17H20ClNS/c1-13(2)19-11-15-16(18)9-6-10-17(15)20-12-14-7-4-3-5-8-14/h3-10,13,19H,11-12H2,1-2H3. The van der Waals surface area contributed by atoms with Crippen molar-refractivity contribution in [3.8, 4) is 0 Å². The second-order valence-electron chi connectivity index (χ2n) is 5.03. The van der Waals surface area contributed by atoms with E-state index in [0.717, 1.165) is 17.3 Å². The first-order chi connectivity index (χ1) is 9.66. The Morgan fingerprint density at radius 2 is 1.80 bits per heavy atom. The van der Waals surface area contributed by atoms with Gasteiger partial charge in [-0.15, -0.1) is 11.8 Å². The van der Waals surface area contributed by atoms with Gasteiger partial charge in [-0.3, -0.25) is 0 Å². The van der Waals surface area contributed by atoms with Crippen LogP contribution in [0, 0.1) is 0 Å². The predicted octanol–water partition coefficient (Wildman–Crippen LogP) is 5.13. The molecule has 20 heavy (non-hydrogen) atoms. The molecule has 0 fully saturated rings. The van der Waals surface area contributed by atoms with E-state index in [4.69, 9.17) is 11.6 Å². The van der Waals surface area contributed by atoms with Crippen molar-refractivity contribution < 1.29 is 0 Å². The van der Waals surface area contributed by atoms with Crippen LogP contribution in [0.2, 0.25) is 5.02 Å². The molecule has 0 heterocycles. The van der Waals surface area contributed by atoms with Crippen LogP contribution in [0.15, 0.2) is 53.4 Å². The number of thioether (sulfide) groups is 1. The molecule has 1 nitrogen and oxygen atoms in total. The molecule has 0 aliphatic rings. The Bertz CT molecular complexity index is 540. The van der Waals surface area contributed by atoms with Crippen molar-refractivity contribution in [1.29, 1.82) is 0 Å². The molecule has 0 radical (unpaired) electrons. The summed E-state index contributed by atoms with van der Waals surface area (Å²) in [4.78, 5) is 1.26. The summed E-state index contributed by atoms with van der Waals surface area (Å²) in [6.45, 7) is 5.11. The van der Waals surface area contributed by atoms with Gasteiger partial charge in [0.15, 0.2) is 0 Å². The second kappa shape index (κ2) is 7.72. The summed E-state index contributed by atoms with van der Waals surface area (Å²) in [5.41, 5.74) is 2.53. The van der Waals surface area contributed by atoms with E-state index in [9.17, 15) is 0 Å². The van der Waals surface area contributed by atoms with Crippen LogP contribution in [0.4, 0.5) is 0 Å². The van der Waals surface area contributed by atoms with E-state index >= 15 is 0 Å². The topological polar surface area (TPSA) is 12.0 Å². The third-order valence-electron chi connectivity index (χ3n) is 3.00. The van der Waals surface area contributed by atoms with Gasteiger partial charge < -0.3 is 5.32 Å². The Morgan fingerprint density at radius 1 is 1.05 bits per heavy atom. The molecule has 0 aliphatic carbocycles. The number of nitrogens with one attached hydrogen (secondary N) is 1. The molecule has 0 aromatic heterocycles. The van der Waals surface area contributed by atoms with E-state index in [2.05, 4.69) is 49.5 Å². The summed E-state index contributed by atoms with van der Waals surface area (Å²) in [5.74, 6) is 0.968. The van der Waals surface area contributed by atoms with Gasteiger partial charge in [0, 0.05) is 28.3 Å². The van der Waals surface area contributed by atoms with Gasteiger partial charge in [-0.05, 0) is 23.3 Å². The van der Waals surface area contributed by atoms with E-state index in [1.807, 2.05) is 30.0 Å². The van der Waals surface area contributed by atoms with Gasteiger partial charge in [0.25, 0.3) is 0 Å². The summed E-state index contributed by atoms with van der Waals surface area (Å²) in [6, 6.07) is 17.1. The predicted molar refractivity (Wildman–Crippen MR) is 89.4 cm³/mol. The summed E-state index contributed by atoms with van der Waals surface area (Å²) < 4.78 is 0. The lowest BCUT2D eigenvalue weighted by Crippen LogP contribution is -2.22. The Balaban J connectivity index is 2.08. The minimum Gasteiger partial charge on any atom is -0.310 e. The molecule has 1 N–H and O–H groups in total. The first kappa shape index (κ1) is 15.4. The average Bonchev–Trinajstić information content (AvgIpc) is 2.45. The molecule has 0 saturated carbocycles. The number of benzene rings is 2. The van der Waals surface area contributed by atoms with E-state index in [0.29, 0.717) is 6.04 Å². The fourth-order valence-electron chi connectivity index (χ4n) is 1.89. The highest BCUT2D eigenvalue weighted by Gasteiger charge is 2.08. The smallest absolute Gasteiger partial charge is 0.0462 e. The number of hydrogen-bond acceptors (Lipinski definition) is 2. The largest absolute Gasteiger partial charge is 0.310 e. The number of hydrogen-bond donors (Lipinski definition) is 1. The van der Waals surface area contributed by atoms with Crippen LogP contribution in [0.1, 0.15) is 25.0 Å². The first-order valence-corrected chi connectivity index (χ1v) is 8.20. The third kappa shape index (κ3) is 4.55. The van der Waals surface area contributed by atoms with Crippen molar-refractivity contribution in [3.05, 3.63) is 64.7 Å². The van der Waals surface area contributed by atoms with Crippen molar-refractivity contribution in [2.45, 2.75) is 37.1 Å². The van der Waals surface area contributed by atoms with Crippen molar-refractivity contribution in [2.75, 3.05) is 0 Å². The summed E-state index contributed by atoms with van der Waals surface area (Å²) in [5, 5.41) is 4.29. The quantitative estimate of drug-likeness (QED) is 0.742. The van der Waals surface area contributed by atoms with Gasteiger partial charge >= 0.3 is 0 Å². The molecule has 0 unspecified atom stereocenters. The minimum atomic E-state index is 0.457. The molecule has 0 atom stereocenters. The maximum absolute atomic E-state index is 6.34. The van der Waals surface area contributed by atoms with Crippen LogP contribution in [-0.2, 0) is 12.3 Å². The molecule has 2 rings (SSSR count). The van der Waals surface area contributed by atoms with Crippen LogP contribution >= 0.6 is 23.4 Å².